The normalized spacial score (nSPS) is 14.9. The number of hydrogen-bond acceptors (Lipinski definition) is 5. The highest BCUT2D eigenvalue weighted by molar-refractivity contribution is 5.85. The van der Waals surface area contributed by atoms with Gasteiger partial charge < -0.3 is 10.1 Å². The number of carbonyl (C=O) groups is 2. The lowest BCUT2D eigenvalue weighted by atomic mass is 9.73. The molecule has 0 aliphatic heterocycles. The van der Waals surface area contributed by atoms with E-state index < -0.39 is 17.4 Å². The second-order valence-corrected chi connectivity index (χ2v) is 7.00. The van der Waals surface area contributed by atoms with Crippen molar-refractivity contribution in [1.29, 1.82) is 0 Å². The van der Waals surface area contributed by atoms with Crippen LogP contribution in [0.4, 0.5) is 0 Å². The monoisotopic (exact) mass is 357 g/mol. The highest BCUT2D eigenvalue weighted by Gasteiger charge is 2.47. The maximum absolute atomic E-state index is 12.6. The van der Waals surface area contributed by atoms with E-state index in [9.17, 15) is 9.59 Å². The summed E-state index contributed by atoms with van der Waals surface area (Å²) in [4.78, 5) is 34.0. The van der Waals surface area contributed by atoms with Crippen LogP contribution in [0.1, 0.15) is 39.7 Å². The Bertz CT molecular complexity index is 516. The summed E-state index contributed by atoms with van der Waals surface area (Å²) in [6, 6.07) is 9.42. The number of hydrogen-bond donors (Lipinski definition) is 1. The molecule has 5 nitrogen and oxygen atoms in total. The fourth-order valence-electron chi connectivity index (χ4n) is 2.59. The lowest BCUT2D eigenvalue weighted by molar-refractivity contribution is -0.287. The van der Waals surface area contributed by atoms with Gasteiger partial charge in [0.05, 0.1) is 0 Å². The zero-order valence-electron chi connectivity index (χ0n) is 15.0. The van der Waals surface area contributed by atoms with Crippen molar-refractivity contribution in [3.05, 3.63) is 35.9 Å². The highest BCUT2D eigenvalue weighted by atomic mass is 35.5. The van der Waals surface area contributed by atoms with E-state index in [1.807, 2.05) is 51.1 Å². The molecule has 1 aromatic rings. The molecule has 0 aromatic heterocycles. The van der Waals surface area contributed by atoms with Crippen LogP contribution in [0, 0.1) is 11.3 Å². The summed E-state index contributed by atoms with van der Waals surface area (Å²) >= 11 is 0. The van der Waals surface area contributed by atoms with E-state index in [0.29, 0.717) is 6.42 Å². The molecule has 0 saturated carbocycles. The maximum atomic E-state index is 12.6. The Kier molecular flexibility index (Phi) is 9.18. The molecule has 0 bridgehead atoms. The standard InChI is InChI=1S/C18H27NO4.ClH/c1-14(11-20)18(19-5,13-17(2,3)4)16(21)23-22-12-15-9-7-6-8-10-15;/h6-11,14,19H,12-13H2,1-5H3;1H/t14?,18-;/m0./s1. The first kappa shape index (κ1) is 22.6. The summed E-state index contributed by atoms with van der Waals surface area (Å²) < 4.78 is 0. The van der Waals surface area contributed by atoms with E-state index in [-0.39, 0.29) is 24.4 Å². The Hall–Kier alpha value is -1.43. The Morgan fingerprint density at radius 2 is 1.83 bits per heavy atom. The molecule has 0 aliphatic carbocycles. The second-order valence-electron chi connectivity index (χ2n) is 7.00. The Morgan fingerprint density at radius 1 is 1.25 bits per heavy atom. The topological polar surface area (TPSA) is 64.6 Å². The first-order valence-corrected chi connectivity index (χ1v) is 7.77. The Balaban J connectivity index is 0.00000529. The van der Waals surface area contributed by atoms with Gasteiger partial charge in [-0.25, -0.2) is 4.79 Å². The van der Waals surface area contributed by atoms with Gasteiger partial charge in [0.25, 0.3) is 0 Å². The van der Waals surface area contributed by atoms with Crippen LogP contribution in [-0.2, 0) is 26.0 Å². The Morgan fingerprint density at radius 3 is 2.29 bits per heavy atom. The fourth-order valence-corrected chi connectivity index (χ4v) is 2.59. The molecule has 0 amide bonds. The molecule has 136 valence electrons. The minimum absolute atomic E-state index is 0. The minimum atomic E-state index is -1.11. The Labute approximate surface area is 150 Å². The van der Waals surface area contributed by atoms with Crippen LogP contribution in [-0.4, -0.2) is 24.8 Å². The average molecular weight is 358 g/mol. The number of likely N-dealkylation sites (N-methyl/N-ethyl adjacent to an activating group) is 1. The largest absolute Gasteiger partial charge is 0.362 e. The van der Waals surface area contributed by atoms with E-state index in [2.05, 4.69) is 5.32 Å². The van der Waals surface area contributed by atoms with Gasteiger partial charge >= 0.3 is 5.97 Å². The molecular formula is C18H28ClNO4. The van der Waals surface area contributed by atoms with Crippen molar-refractivity contribution >= 4 is 24.7 Å². The summed E-state index contributed by atoms with van der Waals surface area (Å²) in [5.41, 5.74) is -0.385. The van der Waals surface area contributed by atoms with E-state index in [4.69, 9.17) is 9.78 Å². The predicted molar refractivity (Wildman–Crippen MR) is 95.7 cm³/mol. The first-order chi connectivity index (χ1) is 10.7. The van der Waals surface area contributed by atoms with Crippen LogP contribution < -0.4 is 5.32 Å². The molecule has 0 saturated heterocycles. The average Bonchev–Trinajstić information content (AvgIpc) is 2.51. The van der Waals surface area contributed by atoms with Crippen molar-refractivity contribution in [2.45, 2.75) is 46.3 Å². The van der Waals surface area contributed by atoms with Gasteiger partial charge in [0, 0.05) is 5.92 Å². The molecule has 0 aliphatic rings. The van der Waals surface area contributed by atoms with Gasteiger partial charge in [0.1, 0.15) is 18.4 Å². The summed E-state index contributed by atoms with van der Waals surface area (Å²) in [6.07, 6.45) is 1.21. The molecule has 24 heavy (non-hydrogen) atoms. The van der Waals surface area contributed by atoms with Crippen molar-refractivity contribution in [1.82, 2.24) is 5.32 Å². The zero-order chi connectivity index (χ0) is 17.5. The smallest absolute Gasteiger partial charge is 0.304 e. The van der Waals surface area contributed by atoms with Gasteiger partial charge in [0.2, 0.25) is 0 Å². The van der Waals surface area contributed by atoms with Crippen LogP contribution in [0.15, 0.2) is 30.3 Å². The number of nitrogens with one attached hydrogen (secondary N) is 1. The summed E-state index contributed by atoms with van der Waals surface area (Å²) in [6.45, 7) is 7.89. The van der Waals surface area contributed by atoms with E-state index in [1.54, 1.807) is 14.0 Å². The van der Waals surface area contributed by atoms with Crippen molar-refractivity contribution in [3.8, 4) is 0 Å². The maximum Gasteiger partial charge on any atom is 0.362 e. The van der Waals surface area contributed by atoms with E-state index in [1.165, 1.54) is 0 Å². The lowest BCUT2D eigenvalue weighted by Gasteiger charge is -2.38. The molecule has 1 unspecified atom stereocenters. The minimum Gasteiger partial charge on any atom is -0.304 e. The number of carbonyl (C=O) groups excluding carboxylic acids is 2. The molecule has 2 atom stereocenters. The molecule has 0 fully saturated rings. The zero-order valence-corrected chi connectivity index (χ0v) is 15.8. The second kappa shape index (κ2) is 9.77. The first-order valence-electron chi connectivity index (χ1n) is 7.77. The van der Waals surface area contributed by atoms with E-state index in [0.717, 1.165) is 11.8 Å². The molecule has 0 heterocycles. The number of benzene rings is 1. The van der Waals surface area contributed by atoms with Crippen molar-refractivity contribution in [2.75, 3.05) is 7.05 Å². The third-order valence-electron chi connectivity index (χ3n) is 3.80. The molecule has 6 heteroatoms. The quantitative estimate of drug-likeness (QED) is 0.439. The number of aldehydes is 1. The third-order valence-corrected chi connectivity index (χ3v) is 3.80. The summed E-state index contributed by atoms with van der Waals surface area (Å²) in [7, 11) is 1.66. The highest BCUT2D eigenvalue weighted by Crippen LogP contribution is 2.33. The van der Waals surface area contributed by atoms with Crippen molar-refractivity contribution in [2.24, 2.45) is 11.3 Å². The van der Waals surface area contributed by atoms with Crippen LogP contribution in [0.5, 0.6) is 0 Å². The summed E-state index contributed by atoms with van der Waals surface area (Å²) in [5, 5.41) is 2.99. The van der Waals surface area contributed by atoms with Crippen LogP contribution in [0.2, 0.25) is 0 Å². The van der Waals surface area contributed by atoms with Crippen LogP contribution in [0.25, 0.3) is 0 Å². The van der Waals surface area contributed by atoms with Crippen LogP contribution in [0.3, 0.4) is 0 Å². The van der Waals surface area contributed by atoms with Gasteiger partial charge in [0.15, 0.2) is 0 Å². The third kappa shape index (κ3) is 6.23. The fraction of sp³-hybridized carbons (Fsp3) is 0.556. The van der Waals surface area contributed by atoms with E-state index >= 15 is 0 Å². The SMILES string of the molecule is CN[C@](CC(C)(C)C)(C(=O)OOCc1ccccc1)C(C)C=O.Cl. The molecule has 0 spiro atoms. The van der Waals surface area contributed by atoms with Gasteiger partial charge in [-0.05, 0) is 24.4 Å². The molecule has 1 aromatic carbocycles. The van der Waals surface area contributed by atoms with Crippen molar-refractivity contribution < 1.29 is 19.4 Å². The molecule has 0 radical (unpaired) electrons. The van der Waals surface area contributed by atoms with Gasteiger partial charge in [-0.3, -0.25) is 4.89 Å². The number of rotatable bonds is 8. The lowest BCUT2D eigenvalue weighted by Crippen LogP contribution is -2.58. The van der Waals surface area contributed by atoms with Crippen LogP contribution >= 0.6 is 12.4 Å². The molecule has 1 rings (SSSR count). The number of halogens is 1. The summed E-state index contributed by atoms with van der Waals surface area (Å²) in [5.74, 6) is -1.12. The van der Waals surface area contributed by atoms with Gasteiger partial charge in [-0.15, -0.1) is 12.4 Å². The molecule has 1 N–H and O–H groups in total. The molecular weight excluding hydrogens is 330 g/mol. The van der Waals surface area contributed by atoms with Crippen molar-refractivity contribution in [3.63, 3.8) is 0 Å². The predicted octanol–water partition coefficient (Wildman–Crippen LogP) is 3.31. The van der Waals surface area contributed by atoms with Gasteiger partial charge in [-0.2, -0.15) is 4.89 Å². The van der Waals surface area contributed by atoms with Gasteiger partial charge in [-0.1, -0.05) is 58.0 Å².